The number of hydrogen-bond donors (Lipinski definition) is 1. The maximum Gasteiger partial charge on any atom is 0.244 e. The molecule has 5 atom stereocenters. The van der Waals surface area contributed by atoms with Crippen molar-refractivity contribution in [3.63, 3.8) is 0 Å². The maximum atomic E-state index is 14.3. The zero-order chi connectivity index (χ0) is 20.3. The molecule has 1 N–H and O–H groups in total. The van der Waals surface area contributed by atoms with Gasteiger partial charge in [-0.05, 0) is 36.4 Å². The molecule has 5 nitrogen and oxygen atoms in total. The molecule has 0 saturated carbocycles. The van der Waals surface area contributed by atoms with Crippen molar-refractivity contribution in [1.82, 2.24) is 0 Å². The highest BCUT2D eigenvalue weighted by Crippen LogP contribution is 2.41. The number of anilines is 1. The fourth-order valence-corrected chi connectivity index (χ4v) is 5.41. The number of hydrogen-bond acceptors (Lipinski definition) is 3. The van der Waals surface area contributed by atoms with Crippen LogP contribution in [0.15, 0.2) is 48.5 Å². The second-order valence-electron chi connectivity index (χ2n) is 7.94. The number of ketones is 1. The summed E-state index contributed by atoms with van der Waals surface area (Å²) < 4.78 is 27.6. The Labute approximate surface area is 165 Å². The van der Waals surface area contributed by atoms with Crippen LogP contribution in [-0.4, -0.2) is 36.2 Å². The first-order valence-electron chi connectivity index (χ1n) is 9.77. The van der Waals surface area contributed by atoms with Gasteiger partial charge >= 0.3 is 0 Å². The Balaban J connectivity index is 1.56. The van der Waals surface area contributed by atoms with Crippen LogP contribution in [0.1, 0.15) is 23.2 Å². The number of carbonyl (C=O) groups is 3. The first kappa shape index (κ1) is 18.1. The molecule has 0 spiro atoms. The molecule has 7 heteroatoms. The van der Waals surface area contributed by atoms with Crippen LogP contribution in [0.4, 0.5) is 14.5 Å². The number of benzene rings is 2. The molecule has 0 radical (unpaired) electrons. The second kappa shape index (κ2) is 6.56. The number of rotatable bonds is 3. The first-order valence-corrected chi connectivity index (χ1v) is 9.77. The van der Waals surface area contributed by atoms with Crippen molar-refractivity contribution in [3.8, 4) is 0 Å². The average Bonchev–Trinajstić information content (AvgIpc) is 3.35. The molecule has 3 aliphatic rings. The molecule has 2 aromatic rings. The van der Waals surface area contributed by atoms with Crippen LogP contribution >= 0.6 is 0 Å². The van der Waals surface area contributed by atoms with Crippen LogP contribution in [0.2, 0.25) is 0 Å². The molecule has 5 rings (SSSR count). The lowest BCUT2D eigenvalue weighted by Gasteiger charge is -2.25. The standard InChI is InChI=1S/C22H18F2N2O3/c23-13-9-7-12(8-10-13)20(27)19-18-17(16-6-3-11-25(16)19)21(28)26(22(18)29)15-5-2-1-4-14(15)24/h1-2,4-5,7-10,16-19H,3,6,11H2/p+1/t16-,17+,18-,19-/m0/s1. The number of halogens is 2. The summed E-state index contributed by atoms with van der Waals surface area (Å²) >= 11 is 0. The van der Waals surface area contributed by atoms with E-state index in [9.17, 15) is 23.2 Å². The van der Waals surface area contributed by atoms with Gasteiger partial charge in [-0.2, -0.15) is 0 Å². The molecule has 3 fully saturated rings. The number of para-hydroxylation sites is 1. The third kappa shape index (κ3) is 2.57. The molecule has 148 valence electrons. The van der Waals surface area contributed by atoms with E-state index in [2.05, 4.69) is 0 Å². The fraction of sp³-hybridized carbons (Fsp3) is 0.318. The summed E-state index contributed by atoms with van der Waals surface area (Å²) in [4.78, 5) is 41.7. The highest BCUT2D eigenvalue weighted by atomic mass is 19.1. The van der Waals surface area contributed by atoms with Crippen molar-refractivity contribution < 1.29 is 28.1 Å². The van der Waals surface area contributed by atoms with E-state index in [0.717, 1.165) is 22.6 Å². The van der Waals surface area contributed by atoms with Crippen molar-refractivity contribution in [3.05, 3.63) is 65.7 Å². The summed E-state index contributed by atoms with van der Waals surface area (Å²) in [6, 6.07) is 10.1. The van der Waals surface area contributed by atoms with E-state index in [-0.39, 0.29) is 17.5 Å². The molecule has 2 aromatic carbocycles. The maximum absolute atomic E-state index is 14.3. The minimum atomic E-state index is -0.819. The van der Waals surface area contributed by atoms with Gasteiger partial charge in [-0.3, -0.25) is 14.4 Å². The molecule has 3 aliphatic heterocycles. The molecule has 3 saturated heterocycles. The SMILES string of the molecule is O=C(c1ccc(F)cc1)[C@@H]1[C@H]2C(=O)N(c3ccccc3F)C(=O)[C@@H]2[C@@H]2CCC[NH+]12. The van der Waals surface area contributed by atoms with E-state index in [1.54, 1.807) is 6.07 Å². The number of carbonyl (C=O) groups excluding carboxylic acids is 3. The van der Waals surface area contributed by atoms with Gasteiger partial charge in [-0.15, -0.1) is 0 Å². The lowest BCUT2D eigenvalue weighted by atomic mass is 9.85. The van der Waals surface area contributed by atoms with Gasteiger partial charge in [0.15, 0.2) is 6.04 Å². The molecular weight excluding hydrogens is 378 g/mol. The smallest absolute Gasteiger partial charge is 0.244 e. The Kier molecular flexibility index (Phi) is 4.10. The predicted molar refractivity (Wildman–Crippen MR) is 99.2 cm³/mol. The van der Waals surface area contributed by atoms with Crippen molar-refractivity contribution in [1.29, 1.82) is 0 Å². The van der Waals surface area contributed by atoms with Crippen LogP contribution < -0.4 is 9.80 Å². The van der Waals surface area contributed by atoms with Gasteiger partial charge in [0.2, 0.25) is 17.6 Å². The van der Waals surface area contributed by atoms with E-state index >= 15 is 0 Å². The molecule has 2 amide bonds. The fourth-order valence-electron chi connectivity index (χ4n) is 5.41. The zero-order valence-electron chi connectivity index (χ0n) is 15.5. The van der Waals surface area contributed by atoms with Crippen LogP contribution in [0.25, 0.3) is 0 Å². The number of quaternary nitrogens is 1. The van der Waals surface area contributed by atoms with Gasteiger partial charge in [0.1, 0.15) is 29.5 Å². The van der Waals surface area contributed by atoms with Crippen molar-refractivity contribution in [2.45, 2.75) is 24.9 Å². The Bertz CT molecular complexity index is 1020. The first-order chi connectivity index (χ1) is 14.0. The summed E-state index contributed by atoms with van der Waals surface area (Å²) in [5.41, 5.74) is 0.254. The number of Topliss-reactive ketones (excluding diaryl/α,β-unsaturated/α-hetero) is 1. The van der Waals surface area contributed by atoms with Crippen molar-refractivity contribution in [2.24, 2.45) is 11.8 Å². The van der Waals surface area contributed by atoms with Gasteiger partial charge in [-0.1, -0.05) is 12.1 Å². The van der Waals surface area contributed by atoms with E-state index in [1.807, 2.05) is 0 Å². The summed E-state index contributed by atoms with van der Waals surface area (Å²) in [5.74, 6) is -3.76. The number of fused-ring (bicyclic) bond motifs is 3. The Hall–Kier alpha value is -2.93. The van der Waals surface area contributed by atoms with Gasteiger partial charge in [0.25, 0.3) is 0 Å². The summed E-state index contributed by atoms with van der Waals surface area (Å²) in [6.07, 6.45) is 1.60. The van der Waals surface area contributed by atoms with Gasteiger partial charge in [-0.25, -0.2) is 13.7 Å². The minimum Gasteiger partial charge on any atom is -0.322 e. The van der Waals surface area contributed by atoms with Crippen LogP contribution in [0.5, 0.6) is 0 Å². The molecule has 0 aliphatic carbocycles. The summed E-state index contributed by atoms with van der Waals surface area (Å²) in [7, 11) is 0. The number of amides is 2. The Morgan fingerprint density at radius 3 is 2.38 bits per heavy atom. The summed E-state index contributed by atoms with van der Waals surface area (Å²) in [5, 5.41) is 0. The molecule has 3 heterocycles. The monoisotopic (exact) mass is 397 g/mol. The molecule has 0 bridgehead atoms. The topological polar surface area (TPSA) is 58.9 Å². The Morgan fingerprint density at radius 2 is 1.66 bits per heavy atom. The van der Waals surface area contributed by atoms with Crippen LogP contribution in [0.3, 0.4) is 0 Å². The third-order valence-electron chi connectivity index (χ3n) is 6.55. The number of imide groups is 1. The average molecular weight is 397 g/mol. The third-order valence-corrected chi connectivity index (χ3v) is 6.55. The quantitative estimate of drug-likeness (QED) is 0.629. The van der Waals surface area contributed by atoms with E-state index in [4.69, 9.17) is 0 Å². The molecular formula is C22H19F2N2O3+. The highest BCUT2D eigenvalue weighted by Gasteiger charge is 2.68. The lowest BCUT2D eigenvalue weighted by Crippen LogP contribution is -3.16. The summed E-state index contributed by atoms with van der Waals surface area (Å²) in [6.45, 7) is 0.704. The predicted octanol–water partition coefficient (Wildman–Crippen LogP) is 1.38. The Morgan fingerprint density at radius 1 is 0.966 bits per heavy atom. The van der Waals surface area contributed by atoms with E-state index in [0.29, 0.717) is 12.1 Å². The largest absolute Gasteiger partial charge is 0.322 e. The van der Waals surface area contributed by atoms with Crippen LogP contribution in [-0.2, 0) is 9.59 Å². The van der Waals surface area contributed by atoms with Gasteiger partial charge < -0.3 is 4.90 Å². The van der Waals surface area contributed by atoms with E-state index < -0.39 is 41.3 Å². The van der Waals surface area contributed by atoms with Gasteiger partial charge in [0, 0.05) is 18.4 Å². The normalized spacial score (nSPS) is 30.6. The number of nitrogens with zero attached hydrogens (tertiary/aromatic N) is 1. The highest BCUT2D eigenvalue weighted by molar-refractivity contribution is 6.24. The number of nitrogens with one attached hydrogen (secondary N) is 1. The van der Waals surface area contributed by atoms with Crippen molar-refractivity contribution in [2.75, 3.05) is 11.4 Å². The molecule has 1 unspecified atom stereocenters. The van der Waals surface area contributed by atoms with Crippen molar-refractivity contribution >= 4 is 23.3 Å². The minimum absolute atomic E-state index is 0.0653. The van der Waals surface area contributed by atoms with Crippen LogP contribution in [0, 0.1) is 23.5 Å². The zero-order valence-corrected chi connectivity index (χ0v) is 15.5. The molecule has 29 heavy (non-hydrogen) atoms. The van der Waals surface area contributed by atoms with Gasteiger partial charge in [0.05, 0.1) is 12.2 Å². The second-order valence-corrected chi connectivity index (χ2v) is 7.94. The van der Waals surface area contributed by atoms with E-state index in [1.165, 1.54) is 42.5 Å². The lowest BCUT2D eigenvalue weighted by molar-refractivity contribution is -0.915. The molecule has 0 aromatic heterocycles.